The van der Waals surface area contributed by atoms with E-state index in [2.05, 4.69) is 10.6 Å². The zero-order chi connectivity index (χ0) is 20.5. The predicted octanol–water partition coefficient (Wildman–Crippen LogP) is 1.30. The highest BCUT2D eigenvalue weighted by atomic mass is 16.5. The summed E-state index contributed by atoms with van der Waals surface area (Å²) in [5.41, 5.74) is 0.831. The molecule has 0 aliphatic rings. The van der Waals surface area contributed by atoms with Crippen LogP contribution in [0.25, 0.3) is 0 Å². The average Bonchev–Trinajstić information content (AvgIpc) is 2.72. The second-order valence-electron chi connectivity index (χ2n) is 5.86. The molecule has 28 heavy (non-hydrogen) atoms. The number of carbonyl (C=O) groups is 4. The minimum absolute atomic E-state index is 0.119. The summed E-state index contributed by atoms with van der Waals surface area (Å²) < 4.78 is 5.04. The number of rotatable bonds is 7. The zero-order valence-electron chi connectivity index (χ0n) is 15.6. The third kappa shape index (κ3) is 5.66. The van der Waals surface area contributed by atoms with E-state index < -0.39 is 18.5 Å². The SMILES string of the molecule is CNC(=O)CN(C)C(=O)COC(=O)c1ccccc1NC(=O)c1ccccc1. The van der Waals surface area contributed by atoms with Crippen LogP contribution in [0.1, 0.15) is 20.7 Å². The number of carbonyl (C=O) groups excluding carboxylic acids is 4. The van der Waals surface area contributed by atoms with Crippen LogP contribution in [-0.2, 0) is 14.3 Å². The lowest BCUT2D eigenvalue weighted by atomic mass is 10.1. The Morgan fingerprint density at radius 1 is 0.964 bits per heavy atom. The highest BCUT2D eigenvalue weighted by Crippen LogP contribution is 2.17. The van der Waals surface area contributed by atoms with Crippen molar-refractivity contribution in [1.82, 2.24) is 10.2 Å². The molecule has 0 heterocycles. The first-order valence-electron chi connectivity index (χ1n) is 8.49. The number of amides is 3. The van der Waals surface area contributed by atoms with E-state index in [1.807, 2.05) is 0 Å². The Balaban J connectivity index is 2.01. The summed E-state index contributed by atoms with van der Waals surface area (Å²) in [7, 11) is 2.89. The number of hydrogen-bond acceptors (Lipinski definition) is 5. The number of hydrogen-bond donors (Lipinski definition) is 2. The Hall–Kier alpha value is -3.68. The van der Waals surface area contributed by atoms with Crippen LogP contribution in [0.2, 0.25) is 0 Å². The van der Waals surface area contributed by atoms with E-state index in [-0.39, 0.29) is 29.6 Å². The molecule has 2 aromatic rings. The lowest BCUT2D eigenvalue weighted by molar-refractivity contribution is -0.137. The molecule has 0 spiro atoms. The number of para-hydroxylation sites is 1. The normalized spacial score (nSPS) is 9.93. The lowest BCUT2D eigenvalue weighted by Gasteiger charge is -2.16. The van der Waals surface area contributed by atoms with Gasteiger partial charge in [-0.25, -0.2) is 4.79 Å². The molecule has 2 aromatic carbocycles. The Morgan fingerprint density at radius 2 is 1.61 bits per heavy atom. The summed E-state index contributed by atoms with van der Waals surface area (Å²) >= 11 is 0. The second-order valence-corrected chi connectivity index (χ2v) is 5.86. The van der Waals surface area contributed by atoms with Crippen LogP contribution in [0.5, 0.6) is 0 Å². The minimum Gasteiger partial charge on any atom is -0.452 e. The molecule has 8 heteroatoms. The number of anilines is 1. The molecular weight excluding hydrogens is 362 g/mol. The molecule has 0 aliphatic heterocycles. The van der Waals surface area contributed by atoms with Gasteiger partial charge < -0.3 is 20.3 Å². The van der Waals surface area contributed by atoms with Crippen LogP contribution in [0.15, 0.2) is 54.6 Å². The lowest BCUT2D eigenvalue weighted by Crippen LogP contribution is -2.39. The molecule has 0 bridgehead atoms. The number of likely N-dealkylation sites (N-methyl/N-ethyl adjacent to an activating group) is 2. The zero-order valence-corrected chi connectivity index (χ0v) is 15.6. The van der Waals surface area contributed by atoms with Gasteiger partial charge in [-0.2, -0.15) is 0 Å². The van der Waals surface area contributed by atoms with Crippen molar-refractivity contribution in [3.05, 3.63) is 65.7 Å². The molecule has 146 valence electrons. The van der Waals surface area contributed by atoms with Gasteiger partial charge in [-0.15, -0.1) is 0 Å². The van der Waals surface area contributed by atoms with Crippen LogP contribution >= 0.6 is 0 Å². The van der Waals surface area contributed by atoms with Gasteiger partial charge in [0.25, 0.3) is 11.8 Å². The van der Waals surface area contributed by atoms with E-state index in [4.69, 9.17) is 4.74 Å². The van der Waals surface area contributed by atoms with Gasteiger partial charge in [0.15, 0.2) is 6.61 Å². The van der Waals surface area contributed by atoms with Crippen LogP contribution in [0.4, 0.5) is 5.69 Å². The summed E-state index contributed by atoms with van der Waals surface area (Å²) in [6.07, 6.45) is 0. The Morgan fingerprint density at radius 3 is 2.29 bits per heavy atom. The van der Waals surface area contributed by atoms with Crippen LogP contribution in [0, 0.1) is 0 Å². The maximum atomic E-state index is 12.4. The molecule has 0 aromatic heterocycles. The number of benzene rings is 2. The fourth-order valence-corrected chi connectivity index (χ4v) is 2.25. The molecule has 8 nitrogen and oxygen atoms in total. The van der Waals surface area contributed by atoms with Crippen molar-refractivity contribution < 1.29 is 23.9 Å². The van der Waals surface area contributed by atoms with Gasteiger partial charge >= 0.3 is 5.97 Å². The van der Waals surface area contributed by atoms with Crippen molar-refractivity contribution in [2.24, 2.45) is 0 Å². The molecule has 0 aliphatic carbocycles. The number of nitrogens with zero attached hydrogens (tertiary/aromatic N) is 1. The first-order valence-corrected chi connectivity index (χ1v) is 8.49. The molecule has 0 saturated heterocycles. The number of nitrogens with one attached hydrogen (secondary N) is 2. The minimum atomic E-state index is -0.759. The second kappa shape index (κ2) is 9.86. The smallest absolute Gasteiger partial charge is 0.340 e. The topological polar surface area (TPSA) is 105 Å². The largest absolute Gasteiger partial charge is 0.452 e. The van der Waals surface area contributed by atoms with Crippen molar-refractivity contribution >= 4 is 29.4 Å². The van der Waals surface area contributed by atoms with E-state index >= 15 is 0 Å². The molecular formula is C20H21N3O5. The first kappa shape index (κ1) is 20.6. The van der Waals surface area contributed by atoms with Gasteiger partial charge in [0, 0.05) is 19.7 Å². The fourth-order valence-electron chi connectivity index (χ4n) is 2.25. The standard InChI is InChI=1S/C20H21N3O5/c1-21-17(24)12-23(2)18(25)13-28-20(27)15-10-6-7-11-16(15)22-19(26)14-8-4-3-5-9-14/h3-11H,12-13H2,1-2H3,(H,21,24)(H,22,26). The highest BCUT2D eigenvalue weighted by Gasteiger charge is 2.18. The summed E-state index contributed by atoms with van der Waals surface area (Å²) in [5.74, 6) is -1.99. The van der Waals surface area contributed by atoms with Crippen LogP contribution in [0.3, 0.4) is 0 Å². The van der Waals surface area contributed by atoms with Crippen molar-refractivity contribution in [1.29, 1.82) is 0 Å². The van der Waals surface area contributed by atoms with Crippen molar-refractivity contribution in [2.45, 2.75) is 0 Å². The molecule has 0 atom stereocenters. The molecule has 0 unspecified atom stereocenters. The fraction of sp³-hybridized carbons (Fsp3) is 0.200. The summed E-state index contributed by atoms with van der Waals surface area (Å²) in [6.45, 7) is -0.663. The first-order chi connectivity index (χ1) is 13.4. The van der Waals surface area contributed by atoms with Gasteiger partial charge in [-0.1, -0.05) is 30.3 Å². The Kier molecular flexibility index (Phi) is 7.27. The van der Waals surface area contributed by atoms with Gasteiger partial charge in [0.2, 0.25) is 5.91 Å². The third-order valence-electron chi connectivity index (χ3n) is 3.84. The van der Waals surface area contributed by atoms with Crippen molar-refractivity contribution in [3.8, 4) is 0 Å². The monoisotopic (exact) mass is 383 g/mol. The third-order valence-corrected chi connectivity index (χ3v) is 3.84. The van der Waals surface area contributed by atoms with E-state index in [0.717, 1.165) is 4.90 Å². The molecule has 0 saturated carbocycles. The molecule has 0 radical (unpaired) electrons. The van der Waals surface area contributed by atoms with E-state index in [1.54, 1.807) is 48.5 Å². The van der Waals surface area contributed by atoms with E-state index in [0.29, 0.717) is 5.56 Å². The van der Waals surface area contributed by atoms with E-state index in [1.165, 1.54) is 20.2 Å². The van der Waals surface area contributed by atoms with Crippen molar-refractivity contribution in [3.63, 3.8) is 0 Å². The van der Waals surface area contributed by atoms with Gasteiger partial charge in [-0.3, -0.25) is 14.4 Å². The summed E-state index contributed by atoms with van der Waals surface area (Å²) in [5, 5.41) is 5.06. The predicted molar refractivity (Wildman–Crippen MR) is 103 cm³/mol. The van der Waals surface area contributed by atoms with Gasteiger partial charge in [0.1, 0.15) is 0 Å². The van der Waals surface area contributed by atoms with E-state index in [9.17, 15) is 19.2 Å². The molecule has 2 rings (SSSR count). The summed E-state index contributed by atoms with van der Waals surface area (Å²) in [4.78, 5) is 49.1. The molecule has 0 fully saturated rings. The Bertz CT molecular complexity index is 867. The van der Waals surface area contributed by atoms with Gasteiger partial charge in [0.05, 0.1) is 17.8 Å². The van der Waals surface area contributed by atoms with Crippen LogP contribution in [-0.4, -0.2) is 55.8 Å². The van der Waals surface area contributed by atoms with Crippen molar-refractivity contribution in [2.75, 3.05) is 32.6 Å². The van der Waals surface area contributed by atoms with Crippen LogP contribution < -0.4 is 10.6 Å². The average molecular weight is 383 g/mol. The number of esters is 1. The quantitative estimate of drug-likeness (QED) is 0.701. The summed E-state index contributed by atoms with van der Waals surface area (Å²) in [6, 6.07) is 14.9. The number of ether oxygens (including phenoxy) is 1. The highest BCUT2D eigenvalue weighted by molar-refractivity contribution is 6.08. The molecule has 3 amide bonds. The maximum absolute atomic E-state index is 12.4. The van der Waals surface area contributed by atoms with Gasteiger partial charge in [-0.05, 0) is 24.3 Å². The maximum Gasteiger partial charge on any atom is 0.340 e. The Labute approximate surface area is 162 Å². The molecule has 2 N–H and O–H groups in total.